The number of morpholine rings is 1. The quantitative estimate of drug-likeness (QED) is 0.755. The van der Waals surface area contributed by atoms with Gasteiger partial charge in [0.25, 0.3) is 0 Å². The molecule has 1 unspecified atom stereocenters. The van der Waals surface area contributed by atoms with Gasteiger partial charge < -0.3 is 19.7 Å². The average Bonchev–Trinajstić information content (AvgIpc) is 2.73. The summed E-state index contributed by atoms with van der Waals surface area (Å²) in [4.78, 5) is 14.3. The summed E-state index contributed by atoms with van der Waals surface area (Å²) in [6, 6.07) is 15.2. The van der Waals surface area contributed by atoms with E-state index in [4.69, 9.17) is 27.5 Å². The van der Waals surface area contributed by atoms with Gasteiger partial charge in [0.05, 0.1) is 13.2 Å². The van der Waals surface area contributed by atoms with E-state index in [1.54, 1.807) is 4.90 Å². The molecule has 6 heteroatoms. The molecule has 0 spiro atoms. The normalized spacial score (nSPS) is 16.3. The molecule has 1 atom stereocenters. The number of hydrogen-bond acceptors (Lipinski definition) is 3. The molecule has 0 aromatic heterocycles. The number of carbonyl (C=O) groups excluding carboxylic acids is 1. The van der Waals surface area contributed by atoms with Gasteiger partial charge in [0.1, 0.15) is 18.5 Å². The number of rotatable bonds is 6. The van der Waals surface area contributed by atoms with Gasteiger partial charge in [0.2, 0.25) is 0 Å². The number of terminal acetylenes is 1. The van der Waals surface area contributed by atoms with E-state index in [1.165, 1.54) is 0 Å². The van der Waals surface area contributed by atoms with Crippen LogP contribution < -0.4 is 10.1 Å². The van der Waals surface area contributed by atoms with Crippen molar-refractivity contribution in [2.75, 3.05) is 32.8 Å². The minimum Gasteiger partial charge on any atom is -0.481 e. The predicted octanol–water partition coefficient (Wildman–Crippen LogP) is 3.68. The fraction of sp³-hybridized carbons (Fsp3) is 0.318. The van der Waals surface area contributed by atoms with Crippen LogP contribution in [0.25, 0.3) is 0 Å². The van der Waals surface area contributed by atoms with Crippen LogP contribution in [0.4, 0.5) is 4.79 Å². The molecule has 0 bridgehead atoms. The SMILES string of the molecule is C#CCOc1ccc(CCNC(=O)N2CCOC(c3ccc(Cl)cc3)C2)cc1. The summed E-state index contributed by atoms with van der Waals surface area (Å²) in [5.74, 6) is 3.18. The number of urea groups is 1. The van der Waals surface area contributed by atoms with E-state index in [1.807, 2.05) is 48.5 Å². The lowest BCUT2D eigenvalue weighted by Crippen LogP contribution is -2.47. The third kappa shape index (κ3) is 5.66. The highest BCUT2D eigenvalue weighted by atomic mass is 35.5. The number of nitrogens with zero attached hydrogens (tertiary/aromatic N) is 1. The van der Waals surface area contributed by atoms with Crippen LogP contribution in [0.3, 0.4) is 0 Å². The van der Waals surface area contributed by atoms with Crippen molar-refractivity contribution in [3.8, 4) is 18.1 Å². The maximum Gasteiger partial charge on any atom is 0.317 e. The Bertz CT molecular complexity index is 815. The van der Waals surface area contributed by atoms with E-state index in [-0.39, 0.29) is 18.7 Å². The zero-order chi connectivity index (χ0) is 19.8. The molecule has 0 radical (unpaired) electrons. The van der Waals surface area contributed by atoms with Crippen molar-refractivity contribution in [1.82, 2.24) is 10.2 Å². The van der Waals surface area contributed by atoms with Crippen LogP contribution in [0.2, 0.25) is 5.02 Å². The lowest BCUT2D eigenvalue weighted by molar-refractivity contribution is -0.0153. The molecule has 2 aromatic carbocycles. The summed E-state index contributed by atoms with van der Waals surface area (Å²) in [7, 11) is 0. The summed E-state index contributed by atoms with van der Waals surface area (Å²) < 4.78 is 11.2. The van der Waals surface area contributed by atoms with E-state index in [2.05, 4.69) is 11.2 Å². The van der Waals surface area contributed by atoms with Crippen molar-refractivity contribution in [3.05, 3.63) is 64.7 Å². The minimum absolute atomic E-state index is 0.0729. The fourth-order valence-corrected chi connectivity index (χ4v) is 3.14. The maximum atomic E-state index is 12.5. The third-order valence-electron chi connectivity index (χ3n) is 4.53. The first-order chi connectivity index (χ1) is 13.7. The summed E-state index contributed by atoms with van der Waals surface area (Å²) in [6.07, 6.45) is 5.79. The Morgan fingerprint density at radius 1 is 1.25 bits per heavy atom. The first kappa shape index (κ1) is 20.1. The van der Waals surface area contributed by atoms with Crippen LogP contribution in [-0.2, 0) is 11.2 Å². The topological polar surface area (TPSA) is 50.8 Å². The van der Waals surface area contributed by atoms with Crippen LogP contribution in [0, 0.1) is 12.3 Å². The minimum atomic E-state index is -0.132. The van der Waals surface area contributed by atoms with Crippen LogP contribution in [0.1, 0.15) is 17.2 Å². The lowest BCUT2D eigenvalue weighted by atomic mass is 10.1. The van der Waals surface area contributed by atoms with Crippen molar-refractivity contribution >= 4 is 17.6 Å². The van der Waals surface area contributed by atoms with E-state index >= 15 is 0 Å². The average molecular weight is 399 g/mol. The summed E-state index contributed by atoms with van der Waals surface area (Å²) in [6.45, 7) is 2.43. The van der Waals surface area contributed by atoms with Crippen LogP contribution in [0.15, 0.2) is 48.5 Å². The molecule has 1 aliphatic rings. The predicted molar refractivity (Wildman–Crippen MR) is 110 cm³/mol. The van der Waals surface area contributed by atoms with E-state index < -0.39 is 0 Å². The Morgan fingerprint density at radius 2 is 2.00 bits per heavy atom. The number of ether oxygens (including phenoxy) is 2. The first-order valence-corrected chi connectivity index (χ1v) is 9.58. The molecule has 1 saturated heterocycles. The summed E-state index contributed by atoms with van der Waals surface area (Å²) in [5.41, 5.74) is 2.14. The van der Waals surface area contributed by atoms with E-state index in [0.717, 1.165) is 23.3 Å². The summed E-state index contributed by atoms with van der Waals surface area (Å²) in [5, 5.41) is 3.67. The number of benzene rings is 2. The third-order valence-corrected chi connectivity index (χ3v) is 4.78. The van der Waals surface area contributed by atoms with Gasteiger partial charge in [-0.05, 0) is 41.8 Å². The van der Waals surface area contributed by atoms with Gasteiger partial charge in [-0.25, -0.2) is 4.79 Å². The number of halogens is 1. The van der Waals surface area contributed by atoms with Crippen molar-refractivity contribution in [3.63, 3.8) is 0 Å². The zero-order valence-electron chi connectivity index (χ0n) is 15.6. The number of hydrogen-bond donors (Lipinski definition) is 1. The van der Waals surface area contributed by atoms with Crippen LogP contribution in [-0.4, -0.2) is 43.8 Å². The molecule has 146 valence electrons. The second-order valence-corrected chi connectivity index (χ2v) is 6.91. The largest absolute Gasteiger partial charge is 0.481 e. The van der Waals surface area contributed by atoms with Gasteiger partial charge in [-0.1, -0.05) is 41.8 Å². The van der Waals surface area contributed by atoms with E-state index in [9.17, 15) is 4.79 Å². The monoisotopic (exact) mass is 398 g/mol. The van der Waals surface area contributed by atoms with Gasteiger partial charge in [-0.15, -0.1) is 6.42 Å². The van der Waals surface area contributed by atoms with Gasteiger partial charge in [-0.3, -0.25) is 0 Å². The molecule has 1 N–H and O–H groups in total. The van der Waals surface area contributed by atoms with Crippen LogP contribution in [0.5, 0.6) is 5.75 Å². The lowest BCUT2D eigenvalue weighted by Gasteiger charge is -2.33. The van der Waals surface area contributed by atoms with Gasteiger partial charge in [0, 0.05) is 18.1 Å². The smallest absolute Gasteiger partial charge is 0.317 e. The van der Waals surface area contributed by atoms with Crippen molar-refractivity contribution in [1.29, 1.82) is 0 Å². The highest BCUT2D eigenvalue weighted by molar-refractivity contribution is 6.30. The second-order valence-electron chi connectivity index (χ2n) is 6.48. The van der Waals surface area contributed by atoms with Crippen molar-refractivity contribution in [2.45, 2.75) is 12.5 Å². The van der Waals surface area contributed by atoms with Crippen LogP contribution >= 0.6 is 11.6 Å². The standard InChI is InChI=1S/C22H23ClN2O3/c1-2-14-27-20-9-3-17(4-10-20)11-12-24-22(26)25-13-15-28-21(16-25)18-5-7-19(23)8-6-18/h1,3-10,21H,11-16H2,(H,24,26). The molecule has 1 aliphatic heterocycles. The highest BCUT2D eigenvalue weighted by Gasteiger charge is 2.25. The molecule has 1 fully saturated rings. The molecule has 28 heavy (non-hydrogen) atoms. The van der Waals surface area contributed by atoms with Crippen molar-refractivity contribution in [2.24, 2.45) is 0 Å². The van der Waals surface area contributed by atoms with Crippen molar-refractivity contribution < 1.29 is 14.3 Å². The molecular formula is C22H23ClN2O3. The number of nitrogens with one attached hydrogen (secondary N) is 1. The van der Waals surface area contributed by atoms with Gasteiger partial charge in [0.15, 0.2) is 0 Å². The van der Waals surface area contributed by atoms with E-state index in [0.29, 0.717) is 31.3 Å². The molecule has 1 heterocycles. The molecule has 0 aliphatic carbocycles. The maximum absolute atomic E-state index is 12.5. The summed E-state index contributed by atoms with van der Waals surface area (Å²) >= 11 is 5.94. The Kier molecular flexibility index (Phi) is 7.18. The fourth-order valence-electron chi connectivity index (χ4n) is 3.02. The molecule has 2 amide bonds. The number of carbonyl (C=O) groups is 1. The Morgan fingerprint density at radius 3 is 2.71 bits per heavy atom. The second kappa shape index (κ2) is 10.0. The Hall–Kier alpha value is -2.68. The Labute approximate surface area is 170 Å². The molecule has 3 rings (SSSR count). The molecular weight excluding hydrogens is 376 g/mol. The first-order valence-electron chi connectivity index (χ1n) is 9.21. The van der Waals surface area contributed by atoms with Gasteiger partial charge in [-0.2, -0.15) is 0 Å². The Balaban J connectivity index is 1.45. The molecule has 2 aromatic rings. The highest BCUT2D eigenvalue weighted by Crippen LogP contribution is 2.23. The molecule has 5 nitrogen and oxygen atoms in total. The zero-order valence-corrected chi connectivity index (χ0v) is 16.3. The molecule has 0 saturated carbocycles. The van der Waals surface area contributed by atoms with Gasteiger partial charge >= 0.3 is 6.03 Å². The number of amides is 2.